The first kappa shape index (κ1) is 16.1. The first-order valence-corrected chi connectivity index (χ1v) is 7.09. The molecule has 0 saturated heterocycles. The molecule has 0 aromatic carbocycles. The number of rotatable bonds is 6. The van der Waals surface area contributed by atoms with Gasteiger partial charge in [-0.15, -0.1) is 0 Å². The van der Waals surface area contributed by atoms with Gasteiger partial charge in [0.05, 0.1) is 0 Å². The number of nitrogens with two attached hydrogens (primary N) is 1. The molecule has 2 atom stereocenters. The summed E-state index contributed by atoms with van der Waals surface area (Å²) < 4.78 is 5.78. The summed E-state index contributed by atoms with van der Waals surface area (Å²) in [6, 6.07) is 0. The fourth-order valence-electron chi connectivity index (χ4n) is 2.45. The Labute approximate surface area is 116 Å². The van der Waals surface area contributed by atoms with Gasteiger partial charge in [-0.25, -0.2) is 9.97 Å². The van der Waals surface area contributed by atoms with Crippen molar-refractivity contribution >= 4 is 0 Å². The van der Waals surface area contributed by atoms with Gasteiger partial charge in [0, 0.05) is 18.0 Å². The maximum absolute atomic E-state index is 5.78. The fourth-order valence-corrected chi connectivity index (χ4v) is 2.45. The van der Waals surface area contributed by atoms with Crippen LogP contribution in [0.2, 0.25) is 0 Å². The number of hydrogen-bond donors (Lipinski definition) is 1. The average molecular weight is 265 g/mol. The van der Waals surface area contributed by atoms with Gasteiger partial charge >= 0.3 is 0 Å². The Balaban J connectivity index is 3.18. The molecule has 0 aliphatic heterocycles. The highest BCUT2D eigenvalue weighted by Crippen LogP contribution is 2.26. The second-order valence-electron chi connectivity index (χ2n) is 5.42. The van der Waals surface area contributed by atoms with Gasteiger partial charge in [-0.1, -0.05) is 20.8 Å². The molecule has 0 bridgehead atoms. The van der Waals surface area contributed by atoms with Gasteiger partial charge in [0.25, 0.3) is 0 Å². The second-order valence-corrected chi connectivity index (χ2v) is 5.42. The van der Waals surface area contributed by atoms with Crippen molar-refractivity contribution in [3.05, 3.63) is 22.8 Å². The van der Waals surface area contributed by atoms with Crippen molar-refractivity contribution in [2.45, 2.75) is 53.6 Å². The zero-order valence-electron chi connectivity index (χ0n) is 13.0. The summed E-state index contributed by atoms with van der Waals surface area (Å²) in [5.41, 5.74) is 8.97. The lowest BCUT2D eigenvalue weighted by atomic mass is 9.97. The molecular formula is C15H27N3O. The van der Waals surface area contributed by atoms with Crippen LogP contribution in [0.4, 0.5) is 0 Å². The number of hydrogen-bond acceptors (Lipinski definition) is 4. The molecule has 0 saturated carbocycles. The molecular weight excluding hydrogens is 238 g/mol. The van der Waals surface area contributed by atoms with E-state index in [1.165, 1.54) is 5.56 Å². The number of nitrogens with zero attached hydrogens (tertiary/aromatic N) is 2. The maximum atomic E-state index is 5.78. The molecule has 0 aliphatic rings. The van der Waals surface area contributed by atoms with Crippen LogP contribution in [-0.2, 0) is 4.74 Å². The average Bonchev–Trinajstić information content (AvgIpc) is 2.34. The Morgan fingerprint density at radius 1 is 1.11 bits per heavy atom. The highest BCUT2D eigenvalue weighted by molar-refractivity contribution is 5.28. The Hall–Kier alpha value is -1.00. The second kappa shape index (κ2) is 6.96. The van der Waals surface area contributed by atoms with Gasteiger partial charge in [0.2, 0.25) is 0 Å². The van der Waals surface area contributed by atoms with Crippen LogP contribution in [0, 0.1) is 19.8 Å². The van der Waals surface area contributed by atoms with Gasteiger partial charge in [0.1, 0.15) is 6.10 Å². The lowest BCUT2D eigenvalue weighted by molar-refractivity contribution is 0.0229. The molecule has 1 heterocycles. The molecule has 4 heteroatoms. The molecule has 108 valence electrons. The topological polar surface area (TPSA) is 61.0 Å². The van der Waals surface area contributed by atoms with Crippen LogP contribution in [0.1, 0.15) is 62.5 Å². The van der Waals surface area contributed by atoms with Crippen molar-refractivity contribution < 1.29 is 4.74 Å². The van der Waals surface area contributed by atoms with Crippen molar-refractivity contribution in [3.63, 3.8) is 0 Å². The van der Waals surface area contributed by atoms with Crippen LogP contribution in [0.25, 0.3) is 0 Å². The van der Waals surface area contributed by atoms with Crippen LogP contribution >= 0.6 is 0 Å². The molecule has 4 nitrogen and oxygen atoms in total. The highest BCUT2D eigenvalue weighted by Gasteiger charge is 2.22. The van der Waals surface area contributed by atoms with Gasteiger partial charge in [-0.3, -0.25) is 0 Å². The number of aryl methyl sites for hydroxylation is 2. The summed E-state index contributed by atoms with van der Waals surface area (Å²) in [7, 11) is 0. The van der Waals surface area contributed by atoms with E-state index in [1.807, 2.05) is 20.8 Å². The van der Waals surface area contributed by atoms with Gasteiger partial charge in [-0.2, -0.15) is 0 Å². The molecule has 0 amide bonds. The van der Waals surface area contributed by atoms with Crippen LogP contribution in [0.5, 0.6) is 0 Å². The van der Waals surface area contributed by atoms with Crippen LogP contribution < -0.4 is 5.73 Å². The lowest BCUT2D eigenvalue weighted by Gasteiger charge is -2.22. The normalized spacial score (nSPS) is 14.7. The van der Waals surface area contributed by atoms with E-state index in [2.05, 4.69) is 30.7 Å². The zero-order valence-corrected chi connectivity index (χ0v) is 13.0. The minimum Gasteiger partial charge on any atom is -0.370 e. The molecule has 0 radical (unpaired) electrons. The molecule has 1 aromatic rings. The third kappa shape index (κ3) is 3.74. The monoisotopic (exact) mass is 265 g/mol. The first-order chi connectivity index (χ1) is 8.92. The quantitative estimate of drug-likeness (QED) is 0.859. The van der Waals surface area contributed by atoms with E-state index < -0.39 is 0 Å². The molecule has 2 unspecified atom stereocenters. The van der Waals surface area contributed by atoms with E-state index in [0.717, 1.165) is 17.2 Å². The van der Waals surface area contributed by atoms with Crippen LogP contribution in [-0.4, -0.2) is 23.1 Å². The molecule has 0 aliphatic carbocycles. The third-order valence-electron chi connectivity index (χ3n) is 3.40. The summed E-state index contributed by atoms with van der Waals surface area (Å²) in [6.07, 6.45) is -0.0374. The Morgan fingerprint density at radius 2 is 1.63 bits per heavy atom. The van der Waals surface area contributed by atoms with E-state index in [1.54, 1.807) is 0 Å². The van der Waals surface area contributed by atoms with Gasteiger partial charge in [-0.05, 0) is 44.7 Å². The smallest absolute Gasteiger partial charge is 0.157 e. The largest absolute Gasteiger partial charge is 0.370 e. The molecule has 1 aromatic heterocycles. The molecule has 0 spiro atoms. The molecule has 19 heavy (non-hydrogen) atoms. The van der Waals surface area contributed by atoms with Crippen molar-refractivity contribution in [1.29, 1.82) is 0 Å². The SMILES string of the molecule is CCOC(c1nc(C)c(C(C)CN)c(C)n1)C(C)C. The number of ether oxygens (including phenoxy) is 1. The first-order valence-electron chi connectivity index (χ1n) is 7.09. The predicted octanol–water partition coefficient (Wildman–Crippen LogP) is 2.89. The van der Waals surface area contributed by atoms with E-state index in [9.17, 15) is 0 Å². The zero-order chi connectivity index (χ0) is 14.6. The van der Waals surface area contributed by atoms with Crippen molar-refractivity contribution in [1.82, 2.24) is 9.97 Å². The summed E-state index contributed by atoms with van der Waals surface area (Å²) in [6.45, 7) is 13.7. The predicted molar refractivity (Wildman–Crippen MR) is 78.2 cm³/mol. The van der Waals surface area contributed by atoms with E-state index in [-0.39, 0.29) is 6.10 Å². The summed E-state index contributed by atoms with van der Waals surface area (Å²) in [5, 5.41) is 0. The minimum atomic E-state index is -0.0374. The molecule has 1 rings (SSSR count). The van der Waals surface area contributed by atoms with Crippen molar-refractivity contribution in [2.24, 2.45) is 11.7 Å². The van der Waals surface area contributed by atoms with Crippen molar-refractivity contribution in [2.75, 3.05) is 13.2 Å². The van der Waals surface area contributed by atoms with E-state index in [0.29, 0.717) is 25.0 Å². The highest BCUT2D eigenvalue weighted by atomic mass is 16.5. The Morgan fingerprint density at radius 3 is 2.00 bits per heavy atom. The molecule has 2 N–H and O–H groups in total. The van der Waals surface area contributed by atoms with Gasteiger partial charge in [0.15, 0.2) is 5.82 Å². The third-order valence-corrected chi connectivity index (χ3v) is 3.40. The Kier molecular flexibility index (Phi) is 5.88. The van der Waals surface area contributed by atoms with Crippen molar-refractivity contribution in [3.8, 4) is 0 Å². The fraction of sp³-hybridized carbons (Fsp3) is 0.733. The van der Waals surface area contributed by atoms with Gasteiger partial charge < -0.3 is 10.5 Å². The maximum Gasteiger partial charge on any atom is 0.157 e. The van der Waals surface area contributed by atoms with E-state index >= 15 is 0 Å². The van der Waals surface area contributed by atoms with E-state index in [4.69, 9.17) is 10.5 Å². The molecule has 0 fully saturated rings. The number of aromatic nitrogens is 2. The summed E-state index contributed by atoms with van der Waals surface area (Å²) in [4.78, 5) is 9.30. The summed E-state index contributed by atoms with van der Waals surface area (Å²) in [5.74, 6) is 1.44. The van der Waals surface area contributed by atoms with Crippen LogP contribution in [0.3, 0.4) is 0 Å². The standard InChI is InChI=1S/C15H27N3O/c1-7-19-14(9(2)3)15-17-11(5)13(10(4)8-16)12(6)18-15/h9-10,14H,7-8,16H2,1-6H3. The summed E-state index contributed by atoms with van der Waals surface area (Å²) >= 11 is 0. The lowest BCUT2D eigenvalue weighted by Crippen LogP contribution is -2.19. The Bertz CT molecular complexity index is 395. The minimum absolute atomic E-state index is 0.0374. The van der Waals surface area contributed by atoms with Crippen LogP contribution in [0.15, 0.2) is 0 Å².